The summed E-state index contributed by atoms with van der Waals surface area (Å²) in [5.74, 6) is -0.349. The van der Waals surface area contributed by atoms with Gasteiger partial charge in [0.2, 0.25) is 0 Å². The van der Waals surface area contributed by atoms with Crippen molar-refractivity contribution in [3.05, 3.63) is 48.0 Å². The Hall–Kier alpha value is -0.870. The lowest BCUT2D eigenvalue weighted by Crippen LogP contribution is -2.33. The fourth-order valence-corrected chi connectivity index (χ4v) is 6.00. The summed E-state index contributed by atoms with van der Waals surface area (Å²) in [6.45, 7) is 4.94. The minimum absolute atomic E-state index is 0.0615. The highest BCUT2D eigenvalue weighted by molar-refractivity contribution is 7.10. The molecule has 0 bridgehead atoms. The summed E-state index contributed by atoms with van der Waals surface area (Å²) in [4.78, 5) is 11.8. The number of esters is 1. The quantitative estimate of drug-likeness (QED) is 0.101. The fourth-order valence-electron chi connectivity index (χ4n) is 5.46. The lowest BCUT2D eigenvalue weighted by atomic mass is 9.85. The van der Waals surface area contributed by atoms with Crippen LogP contribution in [0.4, 0.5) is 0 Å². The average Bonchev–Trinajstić information content (AvgIpc) is 3.49. The van der Waals surface area contributed by atoms with Crippen molar-refractivity contribution in [3.63, 3.8) is 0 Å². The predicted octanol–water partition coefficient (Wildman–Crippen LogP) is 6.20. The number of ether oxygens (including phenoxy) is 3. The third-order valence-electron chi connectivity index (χ3n) is 7.28. The van der Waals surface area contributed by atoms with Crippen molar-refractivity contribution in [3.8, 4) is 0 Å². The normalized spacial score (nSPS) is 27.1. The number of benzene rings is 1. The molecule has 202 valence electrons. The van der Waals surface area contributed by atoms with Crippen LogP contribution >= 0.6 is 18.8 Å². The van der Waals surface area contributed by atoms with Crippen LogP contribution in [0, 0.1) is 11.8 Å². The maximum atomic E-state index is 11.8. The summed E-state index contributed by atoms with van der Waals surface area (Å²) in [5.41, 5.74) is 1.27. The Morgan fingerprint density at radius 2 is 1.83 bits per heavy atom. The van der Waals surface area contributed by atoms with Crippen LogP contribution in [-0.4, -0.2) is 45.8 Å². The first-order chi connectivity index (χ1) is 18.5. The maximum Gasteiger partial charge on any atom is 0.306 e. The Morgan fingerprint density at radius 3 is 2.53 bits per heavy atom. The molecule has 36 heavy (non-hydrogen) atoms. The van der Waals surface area contributed by atoms with Crippen LogP contribution in [0.5, 0.6) is 0 Å². The summed E-state index contributed by atoms with van der Waals surface area (Å²) in [7, 11) is -0.663. The van der Waals surface area contributed by atoms with Crippen molar-refractivity contribution in [2.75, 3.05) is 13.2 Å². The van der Waals surface area contributed by atoms with Crippen molar-refractivity contribution in [1.82, 2.24) is 0 Å². The molecule has 1 aliphatic carbocycles. The molecule has 2 aliphatic rings. The molecule has 0 spiro atoms. The maximum absolute atomic E-state index is 11.8. The molecule has 0 aromatic heterocycles. The first-order valence-corrected chi connectivity index (χ1v) is 14.1. The third-order valence-corrected chi connectivity index (χ3v) is 7.88. The van der Waals surface area contributed by atoms with E-state index in [0.717, 1.165) is 44.9 Å². The van der Waals surface area contributed by atoms with Gasteiger partial charge in [-0.2, -0.15) is 0 Å². The van der Waals surface area contributed by atoms with Gasteiger partial charge in [-0.15, -0.1) is 0 Å². The molecule has 8 heteroatoms. The van der Waals surface area contributed by atoms with E-state index in [2.05, 4.69) is 36.4 Å². The SMILES string of the molecule is [3H]PO[C@H]1C[C@@H](OP[3H])[C@H](CCC2(CCc3ccccc3)OCCO2)[C@H]1CC=CCCCC(=O)OC(C)C. The molecular weight excluding hydrogens is 494 g/mol. The third kappa shape index (κ3) is 9.15. The van der Waals surface area contributed by atoms with Gasteiger partial charge in [0, 0.05) is 44.5 Å². The van der Waals surface area contributed by atoms with E-state index in [4.69, 9.17) is 25.8 Å². The highest BCUT2D eigenvalue weighted by atomic mass is 31.0. The fraction of sp³-hybridized carbons (Fsp3) is 0.679. The van der Waals surface area contributed by atoms with Gasteiger partial charge in [0.05, 0.1) is 34.1 Å². The largest absolute Gasteiger partial charge is 0.463 e. The van der Waals surface area contributed by atoms with Gasteiger partial charge < -0.3 is 23.3 Å². The first kappa shape index (κ1) is 26.7. The van der Waals surface area contributed by atoms with Gasteiger partial charge in [0.25, 0.3) is 0 Å². The molecule has 3 rings (SSSR count). The summed E-state index contributed by atoms with van der Waals surface area (Å²) in [5, 5.41) is 0. The van der Waals surface area contributed by atoms with E-state index in [1.165, 1.54) is 5.56 Å². The molecular formula is C28H44O6P2. The van der Waals surface area contributed by atoms with Gasteiger partial charge >= 0.3 is 5.97 Å². The lowest BCUT2D eigenvalue weighted by Gasteiger charge is -2.31. The van der Waals surface area contributed by atoms with Gasteiger partial charge in [-0.05, 0) is 63.4 Å². The van der Waals surface area contributed by atoms with Crippen LogP contribution in [0.25, 0.3) is 0 Å². The molecule has 6 atom stereocenters. The molecule has 6 nitrogen and oxygen atoms in total. The number of hydrogen-bond acceptors (Lipinski definition) is 6. The van der Waals surface area contributed by atoms with E-state index in [0.29, 0.717) is 26.1 Å². The summed E-state index contributed by atoms with van der Waals surface area (Å²) < 4.78 is 44.7. The zero-order chi connectivity index (χ0) is 27.2. The number of rotatable bonds is 17. The Morgan fingerprint density at radius 1 is 1.11 bits per heavy atom. The van der Waals surface area contributed by atoms with Crippen LogP contribution in [0.2, 0.25) is 0 Å². The number of hydrogen-bond donors (Lipinski definition) is 0. The smallest absolute Gasteiger partial charge is 0.306 e. The standard InChI is InChI=1S/C28H44O6P2/c1-21(2)32-27(29)13-9-4-3-8-12-23-24(26(34-36)20-25(23)33-35)15-17-28(30-18-19-31-28)16-14-22-10-6-5-7-11-22/h3,5-8,10-11,21,23-26H,4,9,12-20,35-36H2,1-2H3/t23-,24-,25+,26-/m1/s1/i35T,36T/t23-,24-,25+,26-,35?,36?. The van der Waals surface area contributed by atoms with Crippen LogP contribution in [0.3, 0.4) is 0 Å². The first-order valence-electron chi connectivity index (χ1n) is 14.3. The number of carbonyl (C=O) groups excluding carboxylic acids is 1. The average molecular weight is 543 g/mol. The molecule has 0 radical (unpaired) electrons. The van der Waals surface area contributed by atoms with Crippen LogP contribution in [-0.2, 0) is 34.5 Å². The topological polar surface area (TPSA) is 63.2 Å². The second-order valence-electron chi connectivity index (χ2n) is 10.1. The molecule has 1 saturated heterocycles. The van der Waals surface area contributed by atoms with Gasteiger partial charge in [0.15, 0.2) is 5.79 Å². The summed E-state index contributed by atoms with van der Waals surface area (Å²) in [6, 6.07) is 10.4. The Labute approximate surface area is 224 Å². The molecule has 1 aromatic rings. The van der Waals surface area contributed by atoms with Crippen molar-refractivity contribution >= 4 is 24.8 Å². The summed E-state index contributed by atoms with van der Waals surface area (Å²) >= 11 is 0. The molecule has 1 saturated carbocycles. The number of aryl methyl sites for hydroxylation is 1. The van der Waals surface area contributed by atoms with E-state index in [1.54, 1.807) is 0 Å². The van der Waals surface area contributed by atoms with Gasteiger partial charge in [-0.3, -0.25) is 4.79 Å². The molecule has 2 fully saturated rings. The highest BCUT2D eigenvalue weighted by Crippen LogP contribution is 2.44. The van der Waals surface area contributed by atoms with E-state index in [-0.39, 0.29) is 54.9 Å². The second-order valence-corrected chi connectivity index (χ2v) is 10.6. The second kappa shape index (κ2) is 15.5. The van der Waals surface area contributed by atoms with Gasteiger partial charge in [-0.25, -0.2) is 0 Å². The van der Waals surface area contributed by atoms with E-state index >= 15 is 0 Å². The van der Waals surface area contributed by atoms with Crippen LogP contribution in [0.15, 0.2) is 42.5 Å². The lowest BCUT2D eigenvalue weighted by molar-refractivity contribution is -0.170. The van der Waals surface area contributed by atoms with E-state index in [1.807, 2.05) is 19.9 Å². The summed E-state index contributed by atoms with van der Waals surface area (Å²) in [6.07, 6.45) is 10.9. The predicted molar refractivity (Wildman–Crippen MR) is 148 cm³/mol. The Kier molecular flexibility index (Phi) is 11.5. The zero-order valence-electron chi connectivity index (χ0n) is 23.7. The monoisotopic (exact) mass is 542 g/mol. The molecule has 1 aliphatic heterocycles. The van der Waals surface area contributed by atoms with Crippen molar-refractivity contribution < 1.29 is 28.1 Å². The Balaban J connectivity index is 1.59. The van der Waals surface area contributed by atoms with E-state index in [9.17, 15) is 4.79 Å². The molecule has 2 unspecified atom stereocenters. The molecule has 1 heterocycles. The van der Waals surface area contributed by atoms with Crippen LogP contribution in [0.1, 0.15) is 70.8 Å². The van der Waals surface area contributed by atoms with Crippen molar-refractivity contribution in [2.45, 2.75) is 95.7 Å². The Bertz CT molecular complexity index is 838. The molecule has 0 N–H and O–H groups in total. The van der Waals surface area contributed by atoms with Crippen molar-refractivity contribution in [1.29, 1.82) is 2.56 Å². The minimum Gasteiger partial charge on any atom is -0.463 e. The van der Waals surface area contributed by atoms with Crippen LogP contribution < -0.4 is 0 Å². The van der Waals surface area contributed by atoms with Crippen molar-refractivity contribution in [2.24, 2.45) is 11.8 Å². The molecule has 0 amide bonds. The number of allylic oxidation sites excluding steroid dienone is 2. The number of carbonyl (C=O) groups is 1. The highest BCUT2D eigenvalue weighted by Gasteiger charge is 2.45. The van der Waals surface area contributed by atoms with Gasteiger partial charge in [0.1, 0.15) is 0 Å². The number of unbranched alkanes of at least 4 members (excludes halogenated alkanes) is 1. The van der Waals surface area contributed by atoms with Gasteiger partial charge in [-0.1, -0.05) is 42.5 Å². The molecule has 1 aromatic carbocycles. The minimum atomic E-state index is -0.593. The zero-order valence-corrected chi connectivity index (χ0v) is 23.7. The van der Waals surface area contributed by atoms with E-state index < -0.39 is 5.79 Å².